The number of piperidine rings is 1. The van der Waals surface area contributed by atoms with Gasteiger partial charge in [0.25, 0.3) is 0 Å². The molecule has 1 heterocycles. The van der Waals surface area contributed by atoms with Gasteiger partial charge in [0, 0.05) is 19.0 Å². The Morgan fingerprint density at radius 2 is 1.86 bits per heavy atom. The standard InChI is InChI=1S/C20H29ClN4O3/c1-14(2)22-20(28)15-8-10-25(11-9-15)13-19(27)24(3)12-18(26)23-17-7-5-4-6-16(17)21/h4-7,14-15H,8-13H2,1-3H3,(H,22,28)(H,23,26). The van der Waals surface area contributed by atoms with Gasteiger partial charge in [-0.1, -0.05) is 23.7 Å². The second kappa shape index (κ2) is 10.4. The summed E-state index contributed by atoms with van der Waals surface area (Å²) in [4.78, 5) is 40.1. The van der Waals surface area contributed by atoms with E-state index in [-0.39, 0.29) is 42.8 Å². The number of likely N-dealkylation sites (tertiary alicyclic amines) is 1. The fourth-order valence-corrected chi connectivity index (χ4v) is 3.31. The minimum absolute atomic E-state index is 0.00730. The molecule has 0 saturated carbocycles. The van der Waals surface area contributed by atoms with Crippen molar-refractivity contribution in [1.29, 1.82) is 0 Å². The zero-order chi connectivity index (χ0) is 20.7. The van der Waals surface area contributed by atoms with E-state index in [4.69, 9.17) is 11.6 Å². The summed E-state index contributed by atoms with van der Waals surface area (Å²) in [5, 5.41) is 6.11. The highest BCUT2D eigenvalue weighted by Crippen LogP contribution is 2.20. The maximum Gasteiger partial charge on any atom is 0.244 e. The van der Waals surface area contributed by atoms with E-state index in [0.29, 0.717) is 23.8 Å². The van der Waals surface area contributed by atoms with Crippen LogP contribution in [0.1, 0.15) is 26.7 Å². The van der Waals surface area contributed by atoms with Crippen LogP contribution in [-0.2, 0) is 14.4 Å². The molecule has 154 valence electrons. The molecule has 0 radical (unpaired) electrons. The Kier molecular flexibility index (Phi) is 8.26. The molecule has 0 unspecified atom stereocenters. The highest BCUT2D eigenvalue weighted by atomic mass is 35.5. The van der Waals surface area contributed by atoms with Crippen molar-refractivity contribution in [2.45, 2.75) is 32.7 Å². The fraction of sp³-hybridized carbons (Fsp3) is 0.550. The molecule has 0 aliphatic carbocycles. The second-order valence-corrected chi connectivity index (χ2v) is 7.90. The lowest BCUT2D eigenvalue weighted by molar-refractivity contribution is -0.135. The molecule has 7 nitrogen and oxygen atoms in total. The third-order valence-corrected chi connectivity index (χ3v) is 5.03. The molecular weight excluding hydrogens is 380 g/mol. The average Bonchev–Trinajstić information content (AvgIpc) is 2.63. The minimum Gasteiger partial charge on any atom is -0.354 e. The van der Waals surface area contributed by atoms with E-state index in [1.54, 1.807) is 31.3 Å². The molecule has 1 aromatic rings. The van der Waals surface area contributed by atoms with Crippen LogP contribution >= 0.6 is 11.6 Å². The summed E-state index contributed by atoms with van der Waals surface area (Å²) in [6, 6.07) is 7.10. The highest BCUT2D eigenvalue weighted by Gasteiger charge is 2.27. The van der Waals surface area contributed by atoms with Crippen molar-refractivity contribution < 1.29 is 14.4 Å². The topological polar surface area (TPSA) is 81.8 Å². The van der Waals surface area contributed by atoms with Gasteiger partial charge in [0.1, 0.15) is 0 Å². The van der Waals surface area contributed by atoms with Gasteiger partial charge in [-0.05, 0) is 51.9 Å². The number of benzene rings is 1. The largest absolute Gasteiger partial charge is 0.354 e. The van der Waals surface area contributed by atoms with Crippen LogP contribution in [-0.4, -0.2) is 66.8 Å². The summed E-state index contributed by atoms with van der Waals surface area (Å²) in [6.07, 6.45) is 1.48. The predicted molar refractivity (Wildman–Crippen MR) is 110 cm³/mol. The number of nitrogens with zero attached hydrogens (tertiary/aromatic N) is 2. The predicted octanol–water partition coefficient (Wildman–Crippen LogP) is 1.97. The van der Waals surface area contributed by atoms with Crippen LogP contribution in [0.3, 0.4) is 0 Å². The van der Waals surface area contributed by atoms with Crippen LogP contribution in [0.15, 0.2) is 24.3 Å². The molecule has 3 amide bonds. The Balaban J connectivity index is 1.75. The summed E-state index contributed by atoms with van der Waals surface area (Å²) in [7, 11) is 1.61. The zero-order valence-corrected chi connectivity index (χ0v) is 17.5. The number of hydrogen-bond donors (Lipinski definition) is 2. The normalized spacial score (nSPS) is 15.3. The Morgan fingerprint density at radius 1 is 1.21 bits per heavy atom. The van der Waals surface area contributed by atoms with Crippen LogP contribution in [0.5, 0.6) is 0 Å². The summed E-state index contributed by atoms with van der Waals surface area (Å²) in [6.45, 7) is 5.49. The van der Waals surface area contributed by atoms with Crippen molar-refractivity contribution in [2.24, 2.45) is 5.92 Å². The van der Waals surface area contributed by atoms with Crippen LogP contribution in [0, 0.1) is 5.92 Å². The minimum atomic E-state index is -0.298. The Morgan fingerprint density at radius 3 is 2.46 bits per heavy atom. The number of likely N-dealkylation sites (N-methyl/N-ethyl adjacent to an activating group) is 1. The molecule has 1 saturated heterocycles. The van der Waals surface area contributed by atoms with Crippen LogP contribution in [0.4, 0.5) is 5.69 Å². The molecule has 1 aliphatic heterocycles. The number of rotatable bonds is 7. The molecule has 1 aromatic carbocycles. The van der Waals surface area contributed by atoms with Gasteiger partial charge in [-0.2, -0.15) is 0 Å². The van der Waals surface area contributed by atoms with Crippen LogP contribution in [0.2, 0.25) is 5.02 Å². The SMILES string of the molecule is CC(C)NC(=O)C1CCN(CC(=O)N(C)CC(=O)Nc2ccccc2Cl)CC1. The van der Waals surface area contributed by atoms with E-state index in [1.807, 2.05) is 18.7 Å². The molecule has 28 heavy (non-hydrogen) atoms. The molecule has 1 fully saturated rings. The Labute approximate surface area is 171 Å². The zero-order valence-electron chi connectivity index (χ0n) is 16.7. The van der Waals surface area contributed by atoms with Gasteiger partial charge in [0.2, 0.25) is 17.7 Å². The molecular formula is C20H29ClN4O3. The lowest BCUT2D eigenvalue weighted by Gasteiger charge is -2.32. The highest BCUT2D eigenvalue weighted by molar-refractivity contribution is 6.33. The number of nitrogens with one attached hydrogen (secondary N) is 2. The third kappa shape index (κ3) is 6.80. The smallest absolute Gasteiger partial charge is 0.244 e. The lowest BCUT2D eigenvalue weighted by Crippen LogP contribution is -2.46. The van der Waals surface area contributed by atoms with E-state index in [2.05, 4.69) is 10.6 Å². The van der Waals surface area contributed by atoms with Crippen LogP contribution in [0.25, 0.3) is 0 Å². The molecule has 0 aromatic heterocycles. The van der Waals surface area contributed by atoms with E-state index < -0.39 is 0 Å². The summed E-state index contributed by atoms with van der Waals surface area (Å²) < 4.78 is 0. The van der Waals surface area contributed by atoms with Crippen molar-refractivity contribution in [3.63, 3.8) is 0 Å². The van der Waals surface area contributed by atoms with Gasteiger partial charge < -0.3 is 15.5 Å². The van der Waals surface area contributed by atoms with Gasteiger partial charge in [-0.15, -0.1) is 0 Å². The molecule has 0 spiro atoms. The van der Waals surface area contributed by atoms with Gasteiger partial charge >= 0.3 is 0 Å². The summed E-state index contributed by atoms with van der Waals surface area (Å²) >= 11 is 6.03. The molecule has 0 bridgehead atoms. The summed E-state index contributed by atoms with van der Waals surface area (Å²) in [5.74, 6) is -0.324. The number of carbonyl (C=O) groups is 3. The number of carbonyl (C=O) groups excluding carboxylic acids is 3. The first kappa shape index (κ1) is 22.2. The van der Waals surface area contributed by atoms with Crippen LogP contribution < -0.4 is 10.6 Å². The van der Waals surface area contributed by atoms with Crippen molar-refractivity contribution in [1.82, 2.24) is 15.1 Å². The van der Waals surface area contributed by atoms with E-state index >= 15 is 0 Å². The first-order chi connectivity index (χ1) is 13.3. The molecule has 0 atom stereocenters. The number of halogens is 1. The average molecular weight is 409 g/mol. The lowest BCUT2D eigenvalue weighted by atomic mass is 9.95. The summed E-state index contributed by atoms with van der Waals surface area (Å²) in [5.41, 5.74) is 0.525. The molecule has 2 N–H and O–H groups in total. The van der Waals surface area contributed by atoms with Gasteiger partial charge in [-0.25, -0.2) is 0 Å². The van der Waals surface area contributed by atoms with Crippen molar-refractivity contribution >= 4 is 35.0 Å². The quantitative estimate of drug-likeness (QED) is 0.722. The van der Waals surface area contributed by atoms with Gasteiger partial charge in [-0.3, -0.25) is 19.3 Å². The fourth-order valence-electron chi connectivity index (χ4n) is 3.12. The number of anilines is 1. The number of hydrogen-bond acceptors (Lipinski definition) is 4. The number of para-hydroxylation sites is 1. The molecule has 1 aliphatic rings. The van der Waals surface area contributed by atoms with Gasteiger partial charge in [0.15, 0.2) is 0 Å². The van der Waals surface area contributed by atoms with E-state index in [1.165, 1.54) is 4.90 Å². The van der Waals surface area contributed by atoms with E-state index in [0.717, 1.165) is 12.8 Å². The van der Waals surface area contributed by atoms with Crippen molar-refractivity contribution in [3.05, 3.63) is 29.3 Å². The maximum atomic E-state index is 12.4. The van der Waals surface area contributed by atoms with Crippen molar-refractivity contribution in [3.8, 4) is 0 Å². The van der Waals surface area contributed by atoms with Gasteiger partial charge in [0.05, 0.1) is 23.8 Å². The molecule has 2 rings (SSSR count). The molecule has 8 heteroatoms. The maximum absolute atomic E-state index is 12.4. The monoisotopic (exact) mass is 408 g/mol. The third-order valence-electron chi connectivity index (χ3n) is 4.70. The van der Waals surface area contributed by atoms with E-state index in [9.17, 15) is 14.4 Å². The Hall–Kier alpha value is -2.12. The second-order valence-electron chi connectivity index (χ2n) is 7.49. The number of amides is 3. The Bertz CT molecular complexity index is 702. The first-order valence-corrected chi connectivity index (χ1v) is 9.95. The first-order valence-electron chi connectivity index (χ1n) is 9.57. The van der Waals surface area contributed by atoms with Crippen molar-refractivity contribution in [2.75, 3.05) is 38.5 Å².